The third-order valence-electron chi connectivity index (χ3n) is 3.46. The highest BCUT2D eigenvalue weighted by Gasteiger charge is 2.33. The highest BCUT2D eigenvalue weighted by molar-refractivity contribution is 9.10. The molecule has 0 aliphatic heterocycles. The SMILES string of the molecule is Cc1ccccc1C(CO)(CO)Cc1cc(Br)cs1. The Bertz CT molecular complexity index is 547. The van der Waals surface area contributed by atoms with Gasteiger partial charge in [-0.3, -0.25) is 0 Å². The first-order chi connectivity index (χ1) is 9.11. The van der Waals surface area contributed by atoms with Crippen LogP contribution in [-0.4, -0.2) is 23.4 Å². The average Bonchev–Trinajstić information content (AvgIpc) is 2.82. The molecule has 1 aromatic carbocycles. The van der Waals surface area contributed by atoms with Crippen LogP contribution in [0.4, 0.5) is 0 Å². The lowest BCUT2D eigenvalue weighted by atomic mass is 9.76. The molecule has 0 aliphatic carbocycles. The number of halogens is 1. The van der Waals surface area contributed by atoms with Crippen molar-refractivity contribution in [1.82, 2.24) is 0 Å². The Morgan fingerprint density at radius 3 is 2.42 bits per heavy atom. The van der Waals surface area contributed by atoms with Gasteiger partial charge in [0, 0.05) is 20.1 Å². The number of rotatable bonds is 5. The second kappa shape index (κ2) is 6.18. The molecule has 0 saturated carbocycles. The predicted molar refractivity (Wildman–Crippen MR) is 82.8 cm³/mol. The molecule has 0 spiro atoms. The monoisotopic (exact) mass is 340 g/mol. The molecule has 1 aromatic heterocycles. The van der Waals surface area contributed by atoms with E-state index in [0.29, 0.717) is 6.42 Å². The van der Waals surface area contributed by atoms with Gasteiger partial charge in [-0.25, -0.2) is 0 Å². The van der Waals surface area contributed by atoms with E-state index < -0.39 is 5.41 Å². The third kappa shape index (κ3) is 3.08. The quantitative estimate of drug-likeness (QED) is 0.876. The summed E-state index contributed by atoms with van der Waals surface area (Å²) >= 11 is 5.08. The molecule has 0 amide bonds. The van der Waals surface area contributed by atoms with E-state index in [9.17, 15) is 10.2 Å². The van der Waals surface area contributed by atoms with Gasteiger partial charge in [0.25, 0.3) is 0 Å². The molecule has 0 atom stereocenters. The number of thiophene rings is 1. The van der Waals surface area contributed by atoms with Gasteiger partial charge in [0.15, 0.2) is 0 Å². The maximum Gasteiger partial charge on any atom is 0.0553 e. The van der Waals surface area contributed by atoms with E-state index in [0.717, 1.165) is 20.5 Å². The highest BCUT2D eigenvalue weighted by atomic mass is 79.9. The largest absolute Gasteiger partial charge is 0.395 e. The highest BCUT2D eigenvalue weighted by Crippen LogP contribution is 2.33. The van der Waals surface area contributed by atoms with Crippen LogP contribution in [0.2, 0.25) is 0 Å². The van der Waals surface area contributed by atoms with Gasteiger partial charge in [-0.2, -0.15) is 0 Å². The molecular formula is C15H17BrO2S. The van der Waals surface area contributed by atoms with Gasteiger partial charge >= 0.3 is 0 Å². The molecule has 4 heteroatoms. The number of benzene rings is 1. The topological polar surface area (TPSA) is 40.5 Å². The third-order valence-corrected chi connectivity index (χ3v) is 5.15. The molecule has 102 valence electrons. The van der Waals surface area contributed by atoms with Crippen molar-refractivity contribution < 1.29 is 10.2 Å². The minimum Gasteiger partial charge on any atom is -0.395 e. The first-order valence-electron chi connectivity index (χ1n) is 6.12. The number of aliphatic hydroxyl groups is 2. The molecule has 0 saturated heterocycles. The van der Waals surface area contributed by atoms with Crippen LogP contribution in [0.15, 0.2) is 40.2 Å². The summed E-state index contributed by atoms with van der Waals surface area (Å²) in [4.78, 5) is 1.15. The number of hydrogen-bond acceptors (Lipinski definition) is 3. The summed E-state index contributed by atoms with van der Waals surface area (Å²) in [5, 5.41) is 21.7. The summed E-state index contributed by atoms with van der Waals surface area (Å²) in [5.41, 5.74) is 1.50. The molecule has 0 fully saturated rings. The summed E-state index contributed by atoms with van der Waals surface area (Å²) in [6, 6.07) is 9.97. The van der Waals surface area contributed by atoms with Crippen molar-refractivity contribution in [3.05, 3.63) is 56.2 Å². The zero-order valence-electron chi connectivity index (χ0n) is 10.8. The van der Waals surface area contributed by atoms with Crippen molar-refractivity contribution >= 4 is 27.3 Å². The van der Waals surface area contributed by atoms with Crippen LogP contribution >= 0.6 is 27.3 Å². The van der Waals surface area contributed by atoms with E-state index >= 15 is 0 Å². The Morgan fingerprint density at radius 1 is 1.21 bits per heavy atom. The van der Waals surface area contributed by atoms with E-state index in [4.69, 9.17) is 0 Å². The van der Waals surface area contributed by atoms with Crippen LogP contribution < -0.4 is 0 Å². The average molecular weight is 341 g/mol. The molecule has 0 radical (unpaired) electrons. The van der Waals surface area contributed by atoms with Crippen LogP contribution in [0.1, 0.15) is 16.0 Å². The molecule has 19 heavy (non-hydrogen) atoms. The first-order valence-corrected chi connectivity index (χ1v) is 7.79. The van der Waals surface area contributed by atoms with Crippen molar-refractivity contribution in [2.45, 2.75) is 18.8 Å². The van der Waals surface area contributed by atoms with Gasteiger partial charge in [-0.15, -0.1) is 11.3 Å². The number of aliphatic hydroxyl groups excluding tert-OH is 2. The van der Waals surface area contributed by atoms with Crippen molar-refractivity contribution in [3.63, 3.8) is 0 Å². The fraction of sp³-hybridized carbons (Fsp3) is 0.333. The Kier molecular flexibility index (Phi) is 4.79. The second-order valence-corrected chi connectivity index (χ2v) is 6.73. The summed E-state index contributed by atoms with van der Waals surface area (Å²) in [7, 11) is 0. The fourth-order valence-corrected chi connectivity index (χ4v) is 3.97. The van der Waals surface area contributed by atoms with Crippen molar-refractivity contribution in [1.29, 1.82) is 0 Å². The molecule has 0 bridgehead atoms. The Labute approximate surface area is 125 Å². The molecule has 0 unspecified atom stereocenters. The van der Waals surface area contributed by atoms with Gasteiger partial charge in [0.2, 0.25) is 0 Å². The van der Waals surface area contributed by atoms with Gasteiger partial charge in [0.1, 0.15) is 0 Å². The van der Waals surface area contributed by atoms with Crippen LogP contribution in [-0.2, 0) is 11.8 Å². The van der Waals surface area contributed by atoms with Crippen molar-refractivity contribution in [2.75, 3.05) is 13.2 Å². The van der Waals surface area contributed by atoms with Gasteiger partial charge < -0.3 is 10.2 Å². The van der Waals surface area contributed by atoms with Crippen LogP contribution in [0, 0.1) is 6.92 Å². The smallest absolute Gasteiger partial charge is 0.0553 e. The normalized spacial score (nSPS) is 11.8. The lowest BCUT2D eigenvalue weighted by Crippen LogP contribution is -2.37. The number of aryl methyl sites for hydroxylation is 1. The van der Waals surface area contributed by atoms with E-state index in [1.165, 1.54) is 0 Å². The molecule has 1 heterocycles. The van der Waals surface area contributed by atoms with Crippen LogP contribution in [0.25, 0.3) is 0 Å². The standard InChI is InChI=1S/C15H17BrO2S/c1-11-4-2-3-5-14(11)15(9-17,10-18)7-13-6-12(16)8-19-13/h2-6,8,17-18H,7,9-10H2,1H3. The number of hydrogen-bond donors (Lipinski definition) is 2. The van der Waals surface area contributed by atoms with Crippen LogP contribution in [0.5, 0.6) is 0 Å². The minimum absolute atomic E-state index is 0.0656. The predicted octanol–water partition coefficient (Wildman–Crippen LogP) is 3.28. The summed E-state index contributed by atoms with van der Waals surface area (Å²) in [5.74, 6) is 0. The van der Waals surface area contributed by atoms with E-state index in [1.54, 1.807) is 11.3 Å². The van der Waals surface area contributed by atoms with Crippen molar-refractivity contribution in [3.8, 4) is 0 Å². The van der Waals surface area contributed by atoms with Gasteiger partial charge in [0.05, 0.1) is 13.2 Å². The maximum absolute atomic E-state index is 9.86. The summed E-state index contributed by atoms with van der Waals surface area (Å²) < 4.78 is 1.04. The summed E-state index contributed by atoms with van der Waals surface area (Å²) in [6.45, 7) is 1.88. The van der Waals surface area contributed by atoms with Crippen molar-refractivity contribution in [2.24, 2.45) is 0 Å². The minimum atomic E-state index is -0.615. The zero-order valence-corrected chi connectivity index (χ0v) is 13.2. The van der Waals surface area contributed by atoms with E-state index in [2.05, 4.69) is 15.9 Å². The molecular weight excluding hydrogens is 324 g/mol. The summed E-state index contributed by atoms with van der Waals surface area (Å²) in [6.07, 6.45) is 0.640. The first kappa shape index (κ1) is 14.7. The lowest BCUT2D eigenvalue weighted by molar-refractivity contribution is 0.116. The lowest BCUT2D eigenvalue weighted by Gasteiger charge is -2.31. The fourth-order valence-electron chi connectivity index (χ4n) is 2.38. The zero-order chi connectivity index (χ0) is 13.9. The van der Waals surface area contributed by atoms with Crippen LogP contribution in [0.3, 0.4) is 0 Å². The van der Waals surface area contributed by atoms with E-state index in [-0.39, 0.29) is 13.2 Å². The molecule has 2 aromatic rings. The second-order valence-electron chi connectivity index (χ2n) is 4.82. The maximum atomic E-state index is 9.86. The Morgan fingerprint density at radius 2 is 1.89 bits per heavy atom. The van der Waals surface area contributed by atoms with Gasteiger partial charge in [-0.05, 0) is 46.5 Å². The Balaban J connectivity index is 2.40. The Hall–Kier alpha value is -0.680. The van der Waals surface area contributed by atoms with Gasteiger partial charge in [-0.1, -0.05) is 24.3 Å². The van der Waals surface area contributed by atoms with E-state index in [1.807, 2.05) is 42.6 Å². The molecule has 0 aliphatic rings. The molecule has 2 nitrogen and oxygen atoms in total. The molecule has 2 N–H and O–H groups in total. The molecule has 2 rings (SSSR count).